The van der Waals surface area contributed by atoms with Gasteiger partial charge in [-0.05, 0) is 93.3 Å². The molecule has 212 valence electrons. The molecule has 2 N–H and O–H groups in total. The summed E-state index contributed by atoms with van der Waals surface area (Å²) in [4.78, 5) is 17.3. The van der Waals surface area contributed by atoms with E-state index in [1.165, 1.54) is 27.7 Å². The molecule has 0 bridgehead atoms. The third kappa shape index (κ3) is 7.17. The lowest BCUT2D eigenvalue weighted by Gasteiger charge is -2.10. The highest BCUT2D eigenvalue weighted by atomic mass is 79.9. The average Bonchev–Trinajstić information content (AvgIpc) is 3.50. The number of benzene rings is 5. The number of hydrogen-bond donors (Lipinski definition) is 2. The van der Waals surface area contributed by atoms with Crippen LogP contribution in [0.1, 0.15) is 27.0 Å². The van der Waals surface area contributed by atoms with Gasteiger partial charge in [-0.15, -0.1) is 11.3 Å². The van der Waals surface area contributed by atoms with Crippen molar-refractivity contribution in [2.75, 3.05) is 5.32 Å². The zero-order chi connectivity index (χ0) is 29.6. The first-order valence-electron chi connectivity index (χ1n) is 13.6. The minimum Gasteiger partial charge on any atom is -0.488 e. The smallest absolute Gasteiger partial charge is 0.271 e. The molecule has 0 unspecified atom stereocenters. The van der Waals surface area contributed by atoms with Gasteiger partial charge in [0.05, 0.1) is 16.4 Å². The zero-order valence-corrected chi connectivity index (χ0v) is 25.7. The van der Waals surface area contributed by atoms with Crippen LogP contribution >= 0.6 is 27.3 Å². The minimum absolute atomic E-state index is 0.294. The monoisotopic (exact) mass is 646 g/mol. The average molecular weight is 648 g/mol. The standard InChI is InChI=1S/C35H27BrN4O2S/c1-23-6-15-30(16-7-23)38-35-39-32(22-43-35)27-11-13-28(14-12-27)34(41)40-37-20-24-9-17-33(31(36)19-24)42-21-25-8-10-26-4-2-3-5-29(26)18-25/h2-20,22H,21H2,1H3,(H,38,39)(H,40,41)/b37-20-. The van der Waals surface area contributed by atoms with Crippen molar-refractivity contribution in [2.45, 2.75) is 13.5 Å². The van der Waals surface area contributed by atoms with Crippen molar-refractivity contribution in [2.24, 2.45) is 5.10 Å². The Bertz CT molecular complexity index is 1920. The highest BCUT2D eigenvalue weighted by Crippen LogP contribution is 2.28. The number of nitrogens with zero attached hydrogens (tertiary/aromatic N) is 2. The van der Waals surface area contributed by atoms with E-state index in [-0.39, 0.29) is 5.91 Å². The van der Waals surface area contributed by atoms with Gasteiger partial charge in [0.25, 0.3) is 5.91 Å². The van der Waals surface area contributed by atoms with Crippen LogP contribution in [0.15, 0.2) is 124 Å². The third-order valence-electron chi connectivity index (χ3n) is 6.79. The number of ether oxygens (including phenoxy) is 1. The Morgan fingerprint density at radius 1 is 0.930 bits per heavy atom. The second kappa shape index (κ2) is 13.0. The van der Waals surface area contributed by atoms with Gasteiger partial charge in [0.1, 0.15) is 12.4 Å². The summed E-state index contributed by atoms with van der Waals surface area (Å²) in [5.41, 5.74) is 9.00. The van der Waals surface area contributed by atoms with Crippen molar-refractivity contribution in [3.05, 3.63) is 141 Å². The van der Waals surface area contributed by atoms with Crippen molar-refractivity contribution >= 4 is 61.0 Å². The quantitative estimate of drug-likeness (QED) is 0.121. The third-order valence-corrected chi connectivity index (χ3v) is 8.17. The fraction of sp³-hybridized carbons (Fsp3) is 0.0571. The highest BCUT2D eigenvalue weighted by Gasteiger charge is 2.09. The maximum atomic E-state index is 12.7. The molecule has 6 rings (SSSR count). The van der Waals surface area contributed by atoms with Crippen LogP contribution in [0.4, 0.5) is 10.8 Å². The first kappa shape index (κ1) is 28.3. The van der Waals surface area contributed by atoms with E-state index in [9.17, 15) is 4.79 Å². The Morgan fingerprint density at radius 3 is 2.51 bits per heavy atom. The van der Waals surface area contributed by atoms with E-state index in [1.807, 2.05) is 60.0 Å². The second-order valence-corrected chi connectivity index (χ2v) is 11.7. The molecule has 0 saturated heterocycles. The summed E-state index contributed by atoms with van der Waals surface area (Å²) in [6.07, 6.45) is 1.60. The SMILES string of the molecule is Cc1ccc(Nc2nc(-c3ccc(C(=O)N/N=C\c4ccc(OCc5ccc6ccccc6c5)c(Br)c4)cc3)cs2)cc1. The van der Waals surface area contributed by atoms with Gasteiger partial charge in [0.15, 0.2) is 5.13 Å². The molecule has 0 saturated carbocycles. The summed E-state index contributed by atoms with van der Waals surface area (Å²) >= 11 is 5.12. The second-order valence-electron chi connectivity index (χ2n) is 9.97. The molecule has 0 aliphatic carbocycles. The predicted octanol–water partition coefficient (Wildman–Crippen LogP) is 9.12. The van der Waals surface area contributed by atoms with E-state index < -0.39 is 0 Å². The van der Waals surface area contributed by atoms with E-state index in [2.05, 4.69) is 86.1 Å². The summed E-state index contributed by atoms with van der Waals surface area (Å²) in [7, 11) is 0. The molecule has 8 heteroatoms. The number of carbonyl (C=O) groups is 1. The van der Waals surface area contributed by atoms with Crippen LogP contribution in [-0.2, 0) is 6.61 Å². The highest BCUT2D eigenvalue weighted by molar-refractivity contribution is 9.10. The first-order valence-corrected chi connectivity index (χ1v) is 15.3. The summed E-state index contributed by atoms with van der Waals surface area (Å²) in [5, 5.41) is 12.7. The topological polar surface area (TPSA) is 75.6 Å². The fourth-order valence-corrected chi connectivity index (χ4v) is 5.70. The fourth-order valence-electron chi connectivity index (χ4n) is 4.45. The Hall–Kier alpha value is -4.79. The molecule has 43 heavy (non-hydrogen) atoms. The van der Waals surface area contributed by atoms with E-state index in [1.54, 1.807) is 18.3 Å². The Kier molecular flexibility index (Phi) is 8.58. The van der Waals surface area contributed by atoms with Gasteiger partial charge in [0, 0.05) is 22.2 Å². The van der Waals surface area contributed by atoms with Gasteiger partial charge in [-0.2, -0.15) is 5.10 Å². The number of rotatable bonds is 9. The first-order chi connectivity index (χ1) is 21.0. The van der Waals surface area contributed by atoms with Crippen molar-refractivity contribution in [1.29, 1.82) is 0 Å². The molecule has 0 aliphatic heterocycles. The molecule has 1 aromatic heterocycles. The molecular formula is C35H27BrN4O2S. The van der Waals surface area contributed by atoms with Crippen LogP contribution in [0.3, 0.4) is 0 Å². The number of hydrogen-bond acceptors (Lipinski definition) is 6. The summed E-state index contributed by atoms with van der Waals surface area (Å²) in [5.74, 6) is 0.435. The van der Waals surface area contributed by atoms with Gasteiger partial charge in [-0.25, -0.2) is 10.4 Å². The van der Waals surface area contributed by atoms with Gasteiger partial charge >= 0.3 is 0 Å². The number of carbonyl (C=O) groups excluding carboxylic acids is 1. The van der Waals surface area contributed by atoms with Gasteiger partial charge in [-0.3, -0.25) is 4.79 Å². The van der Waals surface area contributed by atoms with E-state index >= 15 is 0 Å². The van der Waals surface area contributed by atoms with Crippen molar-refractivity contribution in [3.8, 4) is 17.0 Å². The number of nitrogens with one attached hydrogen (secondary N) is 2. The molecule has 1 amide bonds. The van der Waals surface area contributed by atoms with E-state index in [0.29, 0.717) is 12.2 Å². The number of amides is 1. The van der Waals surface area contributed by atoms with Crippen molar-refractivity contribution in [1.82, 2.24) is 10.4 Å². The molecule has 1 heterocycles. The normalized spacial score (nSPS) is 11.1. The van der Waals surface area contributed by atoms with Crippen LogP contribution in [0.25, 0.3) is 22.0 Å². The lowest BCUT2D eigenvalue weighted by atomic mass is 10.1. The Balaban J connectivity index is 1.02. The largest absolute Gasteiger partial charge is 0.488 e. The Morgan fingerprint density at radius 2 is 1.72 bits per heavy atom. The number of anilines is 2. The van der Waals surface area contributed by atoms with Crippen LogP contribution in [0, 0.1) is 6.92 Å². The molecule has 6 aromatic rings. The van der Waals surface area contributed by atoms with Gasteiger partial charge < -0.3 is 10.1 Å². The molecule has 0 fully saturated rings. The van der Waals surface area contributed by atoms with Crippen LogP contribution in [0.2, 0.25) is 0 Å². The lowest BCUT2D eigenvalue weighted by Crippen LogP contribution is -2.17. The predicted molar refractivity (Wildman–Crippen MR) is 179 cm³/mol. The minimum atomic E-state index is -0.294. The maximum absolute atomic E-state index is 12.7. The number of halogens is 1. The van der Waals surface area contributed by atoms with Gasteiger partial charge in [-0.1, -0.05) is 66.2 Å². The van der Waals surface area contributed by atoms with E-state index in [0.717, 1.165) is 43.4 Å². The molecular weight excluding hydrogens is 620 g/mol. The number of fused-ring (bicyclic) bond motifs is 1. The van der Waals surface area contributed by atoms with Gasteiger partial charge in [0.2, 0.25) is 0 Å². The molecule has 0 spiro atoms. The van der Waals surface area contributed by atoms with E-state index in [4.69, 9.17) is 4.74 Å². The Labute approximate surface area is 262 Å². The lowest BCUT2D eigenvalue weighted by molar-refractivity contribution is 0.0955. The number of aromatic nitrogens is 1. The molecule has 0 radical (unpaired) electrons. The number of aryl methyl sites for hydroxylation is 1. The van der Waals surface area contributed by atoms with Crippen molar-refractivity contribution < 1.29 is 9.53 Å². The molecule has 5 aromatic carbocycles. The number of thiazole rings is 1. The zero-order valence-electron chi connectivity index (χ0n) is 23.3. The van der Waals surface area contributed by atoms with Crippen LogP contribution < -0.4 is 15.5 Å². The number of hydrazone groups is 1. The summed E-state index contributed by atoms with van der Waals surface area (Å²) in [6.45, 7) is 2.52. The van der Waals surface area contributed by atoms with Crippen LogP contribution in [-0.4, -0.2) is 17.1 Å². The molecule has 0 atom stereocenters. The van der Waals surface area contributed by atoms with Crippen molar-refractivity contribution in [3.63, 3.8) is 0 Å². The summed E-state index contributed by atoms with van der Waals surface area (Å²) in [6, 6.07) is 35.7. The summed E-state index contributed by atoms with van der Waals surface area (Å²) < 4.78 is 6.84. The van der Waals surface area contributed by atoms with Crippen LogP contribution in [0.5, 0.6) is 5.75 Å². The molecule has 6 nitrogen and oxygen atoms in total. The molecule has 0 aliphatic rings. The maximum Gasteiger partial charge on any atom is 0.271 e.